The predicted molar refractivity (Wildman–Crippen MR) is 104 cm³/mol. The van der Waals surface area contributed by atoms with Gasteiger partial charge in [0.1, 0.15) is 5.82 Å². The van der Waals surface area contributed by atoms with Gasteiger partial charge < -0.3 is 10.8 Å². The number of aromatic carboxylic acids is 1. The van der Waals surface area contributed by atoms with E-state index >= 15 is 0 Å². The molecule has 1 fully saturated rings. The summed E-state index contributed by atoms with van der Waals surface area (Å²) < 4.78 is 1.44. The van der Waals surface area contributed by atoms with Crippen LogP contribution in [0.3, 0.4) is 0 Å². The highest BCUT2D eigenvalue weighted by atomic mass is 16.4. The molecule has 3 heterocycles. The molecule has 0 spiro atoms. The number of amides is 2. The molecule has 1 aliphatic heterocycles. The van der Waals surface area contributed by atoms with Crippen LogP contribution in [0.4, 0.5) is 11.5 Å². The molecule has 1 aromatic carbocycles. The lowest BCUT2D eigenvalue weighted by Gasteiger charge is -2.15. The maximum Gasteiger partial charge on any atom is 0.335 e. The van der Waals surface area contributed by atoms with Gasteiger partial charge in [-0.25, -0.2) is 14.7 Å². The summed E-state index contributed by atoms with van der Waals surface area (Å²) in [7, 11) is 0. The lowest BCUT2D eigenvalue weighted by molar-refractivity contribution is -0.121. The Hall–Kier alpha value is -4.01. The van der Waals surface area contributed by atoms with Crippen LogP contribution in [-0.2, 0) is 9.59 Å². The summed E-state index contributed by atoms with van der Waals surface area (Å²) in [5.41, 5.74) is 7.49. The summed E-state index contributed by atoms with van der Waals surface area (Å²) >= 11 is 0. The van der Waals surface area contributed by atoms with Crippen molar-refractivity contribution in [3.63, 3.8) is 0 Å². The van der Waals surface area contributed by atoms with Gasteiger partial charge in [0, 0.05) is 18.2 Å². The Bertz CT molecular complexity index is 1140. The summed E-state index contributed by atoms with van der Waals surface area (Å²) in [5, 5.41) is 13.6. The molecule has 3 aromatic rings. The van der Waals surface area contributed by atoms with Gasteiger partial charge in [-0.05, 0) is 37.3 Å². The van der Waals surface area contributed by atoms with E-state index < -0.39 is 23.7 Å². The number of pyridine rings is 1. The number of carbonyl (C=O) groups is 3. The number of hydrogen-bond acceptors (Lipinski definition) is 6. The Morgan fingerprint density at radius 2 is 2.00 bits per heavy atom. The lowest BCUT2D eigenvalue weighted by Crippen LogP contribution is -2.30. The highest BCUT2D eigenvalue weighted by Gasteiger charge is 2.43. The molecule has 1 aliphatic rings. The molecule has 9 nitrogen and oxygen atoms in total. The van der Waals surface area contributed by atoms with Crippen molar-refractivity contribution in [3.05, 3.63) is 65.5 Å². The number of anilines is 2. The van der Waals surface area contributed by atoms with Crippen molar-refractivity contribution < 1.29 is 19.5 Å². The van der Waals surface area contributed by atoms with Gasteiger partial charge in [0.15, 0.2) is 5.82 Å². The fraction of sp³-hybridized carbons (Fsp3) is 0.150. The molecular formula is C20H17N5O4. The van der Waals surface area contributed by atoms with E-state index in [2.05, 4.69) is 10.1 Å². The number of imide groups is 1. The van der Waals surface area contributed by atoms with Crippen LogP contribution in [-0.4, -0.2) is 37.7 Å². The number of carboxylic acid groups (broad SMARTS) is 1. The fourth-order valence-corrected chi connectivity index (χ4v) is 3.55. The molecule has 1 saturated heterocycles. The van der Waals surface area contributed by atoms with Crippen LogP contribution in [0, 0.1) is 6.92 Å². The summed E-state index contributed by atoms with van der Waals surface area (Å²) in [4.78, 5) is 42.2. The molecule has 0 saturated carbocycles. The van der Waals surface area contributed by atoms with E-state index in [9.17, 15) is 19.5 Å². The van der Waals surface area contributed by atoms with Gasteiger partial charge in [0.2, 0.25) is 11.8 Å². The molecule has 0 aliphatic carbocycles. The first-order valence-corrected chi connectivity index (χ1v) is 8.85. The zero-order valence-electron chi connectivity index (χ0n) is 15.4. The summed E-state index contributed by atoms with van der Waals surface area (Å²) in [6.45, 7) is 1.72. The van der Waals surface area contributed by atoms with Crippen molar-refractivity contribution >= 4 is 29.3 Å². The molecule has 146 valence electrons. The largest absolute Gasteiger partial charge is 0.478 e. The highest BCUT2D eigenvalue weighted by molar-refractivity contribution is 6.23. The van der Waals surface area contributed by atoms with Crippen LogP contribution in [0.1, 0.15) is 34.0 Å². The predicted octanol–water partition coefficient (Wildman–Crippen LogP) is 1.90. The van der Waals surface area contributed by atoms with E-state index in [1.165, 1.54) is 28.9 Å². The standard InChI is InChI=1S/C20H17N5O4/c1-11-17(18(21)25(23-11)15-7-2-3-8-22-15)14-10-16(26)24(19(14)27)13-6-4-5-12(9-13)20(28)29/h2-9,14H,10,21H2,1H3,(H,28,29). The number of nitrogen functional groups attached to an aromatic ring is 1. The second kappa shape index (κ2) is 6.86. The van der Waals surface area contributed by atoms with E-state index in [0.717, 1.165) is 4.90 Å². The van der Waals surface area contributed by atoms with Crippen LogP contribution in [0.2, 0.25) is 0 Å². The van der Waals surface area contributed by atoms with Gasteiger partial charge >= 0.3 is 5.97 Å². The van der Waals surface area contributed by atoms with Crippen molar-refractivity contribution in [1.82, 2.24) is 14.8 Å². The number of hydrogen-bond donors (Lipinski definition) is 2. The van der Waals surface area contributed by atoms with Crippen molar-refractivity contribution in [2.24, 2.45) is 0 Å². The smallest absolute Gasteiger partial charge is 0.335 e. The monoisotopic (exact) mass is 391 g/mol. The number of rotatable bonds is 4. The topological polar surface area (TPSA) is 131 Å². The normalized spacial score (nSPS) is 16.4. The first-order valence-electron chi connectivity index (χ1n) is 8.85. The van der Waals surface area contributed by atoms with E-state index in [1.54, 1.807) is 31.3 Å². The zero-order valence-corrected chi connectivity index (χ0v) is 15.4. The van der Waals surface area contributed by atoms with Gasteiger partial charge in [-0.1, -0.05) is 12.1 Å². The number of carboxylic acids is 1. The molecule has 1 atom stereocenters. The first-order chi connectivity index (χ1) is 13.9. The van der Waals surface area contributed by atoms with E-state index in [4.69, 9.17) is 5.73 Å². The van der Waals surface area contributed by atoms with Crippen LogP contribution < -0.4 is 10.6 Å². The summed E-state index contributed by atoms with van der Waals surface area (Å²) in [5.74, 6) is -2.08. The second-order valence-electron chi connectivity index (χ2n) is 6.66. The van der Waals surface area contributed by atoms with Crippen molar-refractivity contribution in [2.45, 2.75) is 19.3 Å². The highest BCUT2D eigenvalue weighted by Crippen LogP contribution is 2.38. The summed E-state index contributed by atoms with van der Waals surface area (Å²) in [6.07, 6.45) is 1.53. The third-order valence-corrected chi connectivity index (χ3v) is 4.86. The molecule has 2 aromatic heterocycles. The maximum absolute atomic E-state index is 13.1. The summed E-state index contributed by atoms with van der Waals surface area (Å²) in [6, 6.07) is 11.0. The first kappa shape index (κ1) is 18.4. The molecule has 4 rings (SSSR count). The van der Waals surface area contributed by atoms with E-state index in [0.29, 0.717) is 17.1 Å². The van der Waals surface area contributed by atoms with Crippen LogP contribution >= 0.6 is 0 Å². The van der Waals surface area contributed by atoms with E-state index in [1.807, 2.05) is 0 Å². The third kappa shape index (κ3) is 3.02. The Balaban J connectivity index is 1.73. The van der Waals surface area contributed by atoms with Crippen LogP contribution in [0.15, 0.2) is 48.7 Å². The third-order valence-electron chi connectivity index (χ3n) is 4.86. The van der Waals surface area contributed by atoms with E-state index in [-0.39, 0.29) is 23.5 Å². The van der Waals surface area contributed by atoms with Crippen LogP contribution in [0.25, 0.3) is 5.82 Å². The zero-order chi connectivity index (χ0) is 20.7. The number of nitrogens with two attached hydrogens (primary N) is 1. The minimum atomic E-state index is -1.14. The van der Waals surface area contributed by atoms with Gasteiger partial charge in [0.05, 0.1) is 22.9 Å². The Labute approximate surface area is 165 Å². The molecule has 29 heavy (non-hydrogen) atoms. The van der Waals surface area contributed by atoms with Gasteiger partial charge in [0.25, 0.3) is 0 Å². The van der Waals surface area contributed by atoms with Crippen LogP contribution in [0.5, 0.6) is 0 Å². The molecule has 3 N–H and O–H groups in total. The number of nitrogens with zero attached hydrogens (tertiary/aromatic N) is 4. The average molecular weight is 391 g/mol. The average Bonchev–Trinajstić information content (AvgIpc) is 3.17. The number of aryl methyl sites for hydroxylation is 1. The molecule has 1 unspecified atom stereocenters. The second-order valence-corrected chi connectivity index (χ2v) is 6.66. The fourth-order valence-electron chi connectivity index (χ4n) is 3.55. The van der Waals surface area contributed by atoms with Crippen molar-refractivity contribution in [3.8, 4) is 5.82 Å². The SMILES string of the molecule is Cc1nn(-c2ccccn2)c(N)c1C1CC(=O)N(c2cccc(C(=O)O)c2)C1=O. The van der Waals surface area contributed by atoms with Gasteiger partial charge in [-0.3, -0.25) is 9.59 Å². The molecular weight excluding hydrogens is 374 g/mol. The number of carbonyl (C=O) groups excluding carboxylic acids is 2. The van der Waals surface area contributed by atoms with Gasteiger partial charge in [-0.15, -0.1) is 0 Å². The molecule has 9 heteroatoms. The Morgan fingerprint density at radius 3 is 2.69 bits per heavy atom. The Kier molecular flexibility index (Phi) is 4.34. The maximum atomic E-state index is 13.1. The van der Waals surface area contributed by atoms with Crippen molar-refractivity contribution in [2.75, 3.05) is 10.6 Å². The van der Waals surface area contributed by atoms with Gasteiger partial charge in [-0.2, -0.15) is 9.78 Å². The quantitative estimate of drug-likeness (QED) is 0.649. The Morgan fingerprint density at radius 1 is 1.21 bits per heavy atom. The molecule has 2 amide bonds. The number of benzene rings is 1. The minimum absolute atomic E-state index is 0.00906. The minimum Gasteiger partial charge on any atom is -0.478 e. The molecule has 0 radical (unpaired) electrons. The number of aromatic nitrogens is 3. The molecule has 0 bridgehead atoms. The lowest BCUT2D eigenvalue weighted by atomic mass is 9.97. The van der Waals surface area contributed by atoms with Crippen molar-refractivity contribution in [1.29, 1.82) is 0 Å².